The van der Waals surface area contributed by atoms with E-state index in [0.717, 1.165) is 5.88 Å². The predicted octanol–water partition coefficient (Wildman–Crippen LogP) is 7.17. The Morgan fingerprint density at radius 3 is 1.26 bits per heavy atom. The molecule has 0 N–H and O–H groups in total. The van der Waals surface area contributed by atoms with Crippen molar-refractivity contribution in [1.29, 1.82) is 0 Å². The standard InChI is InChI=1S/C21H45ClN/c1-4-5-6-7-8-9-10-11-12-13-14-15-17-20-23(2,3)21-18-16-19-22/h4-21H2,1-3H3/q+1. The van der Waals surface area contributed by atoms with Crippen LogP contribution in [0.1, 0.15) is 103 Å². The highest BCUT2D eigenvalue weighted by Crippen LogP contribution is 2.13. The molecule has 0 saturated heterocycles. The van der Waals surface area contributed by atoms with Gasteiger partial charge < -0.3 is 4.48 Å². The largest absolute Gasteiger partial charge is 0.328 e. The number of quaternary nitrogens is 1. The van der Waals surface area contributed by atoms with Crippen LogP contribution in [0.4, 0.5) is 0 Å². The molecular weight excluding hydrogens is 302 g/mol. The van der Waals surface area contributed by atoms with Gasteiger partial charge in [0.1, 0.15) is 0 Å². The van der Waals surface area contributed by atoms with Crippen LogP contribution in [0.25, 0.3) is 0 Å². The minimum Gasteiger partial charge on any atom is -0.328 e. The minimum atomic E-state index is 0.818. The summed E-state index contributed by atoms with van der Waals surface area (Å²) in [5, 5.41) is 0. The average Bonchev–Trinajstić information content (AvgIpc) is 2.52. The first-order valence-electron chi connectivity index (χ1n) is 10.5. The Labute approximate surface area is 152 Å². The first-order valence-corrected chi connectivity index (χ1v) is 11.0. The van der Waals surface area contributed by atoms with Gasteiger partial charge in [0.15, 0.2) is 0 Å². The highest BCUT2D eigenvalue weighted by atomic mass is 35.5. The van der Waals surface area contributed by atoms with Gasteiger partial charge in [0.2, 0.25) is 0 Å². The van der Waals surface area contributed by atoms with E-state index in [-0.39, 0.29) is 0 Å². The summed E-state index contributed by atoms with van der Waals surface area (Å²) in [6, 6.07) is 0. The van der Waals surface area contributed by atoms with Gasteiger partial charge in [0.25, 0.3) is 0 Å². The van der Waals surface area contributed by atoms with Crippen molar-refractivity contribution in [1.82, 2.24) is 0 Å². The molecule has 0 aliphatic rings. The number of rotatable bonds is 18. The van der Waals surface area contributed by atoms with Gasteiger partial charge >= 0.3 is 0 Å². The maximum absolute atomic E-state index is 5.76. The summed E-state index contributed by atoms with van der Waals surface area (Å²) in [5.41, 5.74) is 0. The summed E-state index contributed by atoms with van der Waals surface area (Å²) < 4.78 is 1.18. The molecule has 23 heavy (non-hydrogen) atoms. The van der Waals surface area contributed by atoms with Crippen molar-refractivity contribution in [3.8, 4) is 0 Å². The van der Waals surface area contributed by atoms with E-state index < -0.39 is 0 Å². The summed E-state index contributed by atoms with van der Waals surface area (Å²) in [4.78, 5) is 0. The van der Waals surface area contributed by atoms with Gasteiger partial charge in [-0.25, -0.2) is 0 Å². The lowest BCUT2D eigenvalue weighted by atomic mass is 10.0. The van der Waals surface area contributed by atoms with E-state index in [1.165, 1.54) is 114 Å². The normalized spacial score (nSPS) is 12.0. The lowest BCUT2D eigenvalue weighted by Gasteiger charge is -2.29. The van der Waals surface area contributed by atoms with Crippen molar-refractivity contribution in [2.45, 2.75) is 103 Å². The first kappa shape index (κ1) is 23.2. The molecule has 0 bridgehead atoms. The van der Waals surface area contributed by atoms with E-state index in [1.54, 1.807) is 0 Å². The second-order valence-corrected chi connectivity index (χ2v) is 8.40. The Bertz CT molecular complexity index is 228. The maximum atomic E-state index is 5.76. The van der Waals surface area contributed by atoms with Gasteiger partial charge in [0.05, 0.1) is 27.2 Å². The molecule has 2 heteroatoms. The second kappa shape index (κ2) is 17.1. The molecule has 0 atom stereocenters. The van der Waals surface area contributed by atoms with E-state index in [4.69, 9.17) is 11.6 Å². The summed E-state index contributed by atoms with van der Waals surface area (Å²) in [7, 11) is 4.74. The number of hydrogen-bond acceptors (Lipinski definition) is 0. The highest BCUT2D eigenvalue weighted by molar-refractivity contribution is 6.17. The summed E-state index contributed by atoms with van der Waals surface area (Å²) in [6.45, 7) is 4.91. The van der Waals surface area contributed by atoms with Crippen molar-refractivity contribution in [2.75, 3.05) is 33.1 Å². The van der Waals surface area contributed by atoms with Gasteiger partial charge in [-0.3, -0.25) is 0 Å². The molecule has 0 fully saturated rings. The number of hydrogen-bond donors (Lipinski definition) is 0. The van der Waals surface area contributed by atoms with Crippen LogP contribution in [0.3, 0.4) is 0 Å². The second-order valence-electron chi connectivity index (χ2n) is 8.02. The smallest absolute Gasteiger partial charge is 0.0782 e. The number of unbranched alkanes of at least 4 members (excludes halogenated alkanes) is 13. The number of halogens is 1. The van der Waals surface area contributed by atoms with E-state index >= 15 is 0 Å². The van der Waals surface area contributed by atoms with E-state index in [9.17, 15) is 0 Å². The van der Waals surface area contributed by atoms with Crippen LogP contribution in [0, 0.1) is 0 Å². The van der Waals surface area contributed by atoms with Crippen molar-refractivity contribution in [3.63, 3.8) is 0 Å². The Morgan fingerprint density at radius 1 is 0.522 bits per heavy atom. The first-order chi connectivity index (χ1) is 11.1. The molecule has 0 aromatic rings. The zero-order chi connectivity index (χ0) is 17.2. The van der Waals surface area contributed by atoms with Gasteiger partial charge in [-0.05, 0) is 25.7 Å². The van der Waals surface area contributed by atoms with Crippen LogP contribution in [0.2, 0.25) is 0 Å². The number of nitrogens with zero attached hydrogens (tertiary/aromatic N) is 1. The molecule has 140 valence electrons. The third-order valence-electron chi connectivity index (χ3n) is 5.01. The third-order valence-corrected chi connectivity index (χ3v) is 5.28. The third kappa shape index (κ3) is 18.4. The fourth-order valence-electron chi connectivity index (χ4n) is 3.30. The van der Waals surface area contributed by atoms with Crippen LogP contribution in [0.15, 0.2) is 0 Å². The monoisotopic (exact) mass is 346 g/mol. The maximum Gasteiger partial charge on any atom is 0.0782 e. The predicted molar refractivity (Wildman–Crippen MR) is 107 cm³/mol. The molecule has 0 saturated carbocycles. The summed E-state index contributed by atoms with van der Waals surface area (Å²) in [5.74, 6) is 0.818. The zero-order valence-electron chi connectivity index (χ0n) is 16.6. The molecule has 0 amide bonds. The highest BCUT2D eigenvalue weighted by Gasteiger charge is 2.13. The topological polar surface area (TPSA) is 0 Å². The lowest BCUT2D eigenvalue weighted by molar-refractivity contribution is -0.890. The minimum absolute atomic E-state index is 0.818. The molecule has 0 aromatic heterocycles. The van der Waals surface area contributed by atoms with Gasteiger partial charge in [-0.1, -0.05) is 77.6 Å². The molecule has 0 unspecified atom stereocenters. The van der Waals surface area contributed by atoms with E-state index in [2.05, 4.69) is 21.0 Å². The van der Waals surface area contributed by atoms with Gasteiger partial charge in [-0.15, -0.1) is 11.6 Å². The molecule has 0 aromatic carbocycles. The van der Waals surface area contributed by atoms with Crippen molar-refractivity contribution in [3.05, 3.63) is 0 Å². The van der Waals surface area contributed by atoms with E-state index in [1.807, 2.05) is 0 Å². The van der Waals surface area contributed by atoms with Crippen LogP contribution in [-0.4, -0.2) is 37.5 Å². The molecule has 1 nitrogen and oxygen atoms in total. The van der Waals surface area contributed by atoms with Crippen LogP contribution in [-0.2, 0) is 0 Å². The lowest BCUT2D eigenvalue weighted by Crippen LogP contribution is -2.41. The molecule has 0 rings (SSSR count). The Kier molecular flexibility index (Phi) is 17.3. The average molecular weight is 347 g/mol. The Balaban J connectivity index is 3.20. The van der Waals surface area contributed by atoms with Crippen molar-refractivity contribution in [2.24, 2.45) is 0 Å². The fraction of sp³-hybridized carbons (Fsp3) is 1.00. The Morgan fingerprint density at radius 2 is 0.870 bits per heavy atom. The summed E-state index contributed by atoms with van der Waals surface area (Å²) in [6.07, 6.45) is 21.2. The SMILES string of the molecule is CCCCCCCCCCCCCCC[N+](C)(C)CCCCCl. The van der Waals surface area contributed by atoms with Crippen LogP contribution < -0.4 is 0 Å². The number of alkyl halides is 1. The molecule has 0 radical (unpaired) electrons. The van der Waals surface area contributed by atoms with Crippen LogP contribution in [0.5, 0.6) is 0 Å². The van der Waals surface area contributed by atoms with E-state index in [0.29, 0.717) is 0 Å². The molecule has 0 heterocycles. The van der Waals surface area contributed by atoms with Crippen LogP contribution >= 0.6 is 11.6 Å². The summed E-state index contributed by atoms with van der Waals surface area (Å²) >= 11 is 5.76. The zero-order valence-corrected chi connectivity index (χ0v) is 17.3. The quantitative estimate of drug-likeness (QED) is 0.140. The van der Waals surface area contributed by atoms with Gasteiger partial charge in [-0.2, -0.15) is 0 Å². The Hall–Kier alpha value is 0.250. The molecule has 0 spiro atoms. The van der Waals surface area contributed by atoms with Crippen molar-refractivity contribution < 1.29 is 4.48 Å². The molecule has 0 aliphatic heterocycles. The molecular formula is C21H45ClN+. The van der Waals surface area contributed by atoms with Gasteiger partial charge in [0, 0.05) is 5.88 Å². The fourth-order valence-corrected chi connectivity index (χ4v) is 3.49. The molecule has 0 aliphatic carbocycles. The van der Waals surface area contributed by atoms with Crippen molar-refractivity contribution >= 4 is 11.6 Å².